The van der Waals surface area contributed by atoms with Gasteiger partial charge >= 0.3 is 11.9 Å². The summed E-state index contributed by atoms with van der Waals surface area (Å²) >= 11 is 6.67. The van der Waals surface area contributed by atoms with E-state index in [1.165, 1.54) is 0 Å². The van der Waals surface area contributed by atoms with Crippen LogP contribution in [-0.4, -0.2) is 35.8 Å². The molecule has 4 nitrogen and oxygen atoms in total. The molecule has 0 rings (SSSR count). The predicted octanol–water partition coefficient (Wildman–Crippen LogP) is 3.76. The Morgan fingerprint density at radius 1 is 0.800 bits per heavy atom. The molecule has 0 N–H and O–H groups in total. The standard InChI is InChI=1S/C14H22Br2O4/c1-3-19-13(17)11(7-5-9-15)12(8-6-10-16)14(18)20-4-2/h3-10H2,1-2H3. The van der Waals surface area contributed by atoms with Crippen LogP contribution in [0.1, 0.15) is 39.5 Å². The Labute approximate surface area is 137 Å². The van der Waals surface area contributed by atoms with Gasteiger partial charge in [0.2, 0.25) is 0 Å². The molecule has 0 aromatic carbocycles. The molecule has 0 atom stereocenters. The molecule has 0 saturated carbocycles. The summed E-state index contributed by atoms with van der Waals surface area (Å²) in [4.78, 5) is 24.1. The van der Waals surface area contributed by atoms with Gasteiger partial charge < -0.3 is 9.47 Å². The van der Waals surface area contributed by atoms with E-state index in [4.69, 9.17) is 9.47 Å². The van der Waals surface area contributed by atoms with Gasteiger partial charge in [0, 0.05) is 21.8 Å². The molecule has 0 spiro atoms. The molecular weight excluding hydrogens is 392 g/mol. The number of carbonyl (C=O) groups is 2. The third-order valence-corrected chi connectivity index (χ3v) is 3.65. The van der Waals surface area contributed by atoms with Gasteiger partial charge in [-0.25, -0.2) is 9.59 Å². The Morgan fingerprint density at radius 3 is 1.40 bits per heavy atom. The van der Waals surface area contributed by atoms with Gasteiger partial charge in [0.1, 0.15) is 0 Å². The average molecular weight is 414 g/mol. The van der Waals surface area contributed by atoms with Crippen LogP contribution in [-0.2, 0) is 19.1 Å². The fourth-order valence-corrected chi connectivity index (χ4v) is 2.24. The van der Waals surface area contributed by atoms with Crippen molar-refractivity contribution in [1.82, 2.24) is 0 Å². The van der Waals surface area contributed by atoms with E-state index in [0.717, 1.165) is 23.5 Å². The molecule has 0 aromatic heterocycles. The molecule has 0 aliphatic rings. The van der Waals surface area contributed by atoms with E-state index in [1.807, 2.05) is 0 Å². The zero-order valence-electron chi connectivity index (χ0n) is 12.0. The monoisotopic (exact) mass is 412 g/mol. The second-order valence-corrected chi connectivity index (χ2v) is 5.57. The number of hydrogen-bond acceptors (Lipinski definition) is 4. The lowest BCUT2D eigenvalue weighted by molar-refractivity contribution is -0.142. The summed E-state index contributed by atoms with van der Waals surface area (Å²) in [6, 6.07) is 0. The van der Waals surface area contributed by atoms with Crippen LogP contribution in [0, 0.1) is 0 Å². The number of esters is 2. The van der Waals surface area contributed by atoms with Gasteiger partial charge in [0.25, 0.3) is 0 Å². The SMILES string of the molecule is CCOC(=O)C(CCCBr)=C(CCCBr)C(=O)OCC. The number of halogens is 2. The molecule has 0 unspecified atom stereocenters. The van der Waals surface area contributed by atoms with Crippen LogP contribution in [0.3, 0.4) is 0 Å². The van der Waals surface area contributed by atoms with Gasteiger partial charge in [-0.15, -0.1) is 0 Å². The van der Waals surface area contributed by atoms with Crippen LogP contribution in [0.15, 0.2) is 11.1 Å². The van der Waals surface area contributed by atoms with E-state index in [9.17, 15) is 9.59 Å². The molecule has 6 heteroatoms. The van der Waals surface area contributed by atoms with E-state index >= 15 is 0 Å². The molecule has 116 valence electrons. The second-order valence-electron chi connectivity index (χ2n) is 3.98. The lowest BCUT2D eigenvalue weighted by atomic mass is 10.00. The summed E-state index contributed by atoms with van der Waals surface area (Å²) in [5, 5.41) is 1.54. The zero-order chi connectivity index (χ0) is 15.4. The third-order valence-electron chi connectivity index (χ3n) is 2.53. The Kier molecular flexibility index (Phi) is 12.2. The topological polar surface area (TPSA) is 52.6 Å². The van der Waals surface area contributed by atoms with Gasteiger partial charge in [-0.05, 0) is 39.5 Å². The van der Waals surface area contributed by atoms with E-state index in [1.54, 1.807) is 13.8 Å². The fraction of sp³-hybridized carbons (Fsp3) is 0.714. The Balaban J connectivity index is 5.31. The minimum absolute atomic E-state index is 0.297. The summed E-state index contributed by atoms with van der Waals surface area (Å²) in [7, 11) is 0. The van der Waals surface area contributed by atoms with Crippen LogP contribution >= 0.6 is 31.9 Å². The highest BCUT2D eigenvalue weighted by atomic mass is 79.9. The molecule has 0 aliphatic heterocycles. The fourth-order valence-electron chi connectivity index (χ4n) is 1.68. The first-order valence-electron chi connectivity index (χ1n) is 6.80. The summed E-state index contributed by atoms with van der Waals surface area (Å²) in [5.41, 5.74) is 0.899. The van der Waals surface area contributed by atoms with Crippen molar-refractivity contribution >= 4 is 43.8 Å². The minimum Gasteiger partial charge on any atom is -0.463 e. The average Bonchev–Trinajstić information content (AvgIpc) is 2.42. The first kappa shape index (κ1) is 19.6. The highest BCUT2D eigenvalue weighted by Gasteiger charge is 2.22. The van der Waals surface area contributed by atoms with Crippen molar-refractivity contribution in [2.24, 2.45) is 0 Å². The van der Waals surface area contributed by atoms with Crippen LogP contribution in [0.25, 0.3) is 0 Å². The zero-order valence-corrected chi connectivity index (χ0v) is 15.2. The van der Waals surface area contributed by atoms with Crippen molar-refractivity contribution in [1.29, 1.82) is 0 Å². The van der Waals surface area contributed by atoms with Crippen molar-refractivity contribution in [3.63, 3.8) is 0 Å². The maximum atomic E-state index is 12.0. The largest absolute Gasteiger partial charge is 0.463 e. The summed E-state index contributed by atoms with van der Waals surface area (Å²) in [6.07, 6.45) is 2.57. The Hall–Kier alpha value is -0.360. The van der Waals surface area contributed by atoms with Crippen LogP contribution in [0.5, 0.6) is 0 Å². The van der Waals surface area contributed by atoms with Crippen molar-refractivity contribution in [3.05, 3.63) is 11.1 Å². The number of ether oxygens (including phenoxy) is 2. The molecule has 0 amide bonds. The molecule has 20 heavy (non-hydrogen) atoms. The van der Waals surface area contributed by atoms with Crippen molar-refractivity contribution in [2.75, 3.05) is 23.9 Å². The molecule has 0 aliphatic carbocycles. The first-order valence-corrected chi connectivity index (χ1v) is 9.04. The van der Waals surface area contributed by atoms with Crippen LogP contribution in [0.2, 0.25) is 0 Å². The van der Waals surface area contributed by atoms with E-state index < -0.39 is 11.9 Å². The quantitative estimate of drug-likeness (QED) is 0.311. The highest BCUT2D eigenvalue weighted by Crippen LogP contribution is 2.20. The lowest BCUT2D eigenvalue weighted by Crippen LogP contribution is -2.17. The molecule has 0 aromatic rings. The van der Waals surface area contributed by atoms with Crippen molar-refractivity contribution < 1.29 is 19.1 Å². The molecular formula is C14H22Br2O4. The molecule has 0 saturated heterocycles. The number of hydrogen-bond donors (Lipinski definition) is 0. The predicted molar refractivity (Wildman–Crippen MR) is 86.3 cm³/mol. The van der Waals surface area contributed by atoms with Gasteiger partial charge in [-0.2, -0.15) is 0 Å². The van der Waals surface area contributed by atoms with Gasteiger partial charge in [0.15, 0.2) is 0 Å². The maximum Gasteiger partial charge on any atom is 0.334 e. The molecule has 0 bridgehead atoms. The highest BCUT2D eigenvalue weighted by molar-refractivity contribution is 9.09. The maximum absolute atomic E-state index is 12.0. The van der Waals surface area contributed by atoms with Gasteiger partial charge in [-0.1, -0.05) is 31.9 Å². The summed E-state index contributed by atoms with van der Waals surface area (Å²) in [5.74, 6) is -0.822. The summed E-state index contributed by atoms with van der Waals surface area (Å²) in [6.45, 7) is 4.10. The lowest BCUT2D eigenvalue weighted by Gasteiger charge is -2.13. The molecule has 0 heterocycles. The van der Waals surface area contributed by atoms with Gasteiger partial charge in [-0.3, -0.25) is 0 Å². The van der Waals surface area contributed by atoms with Crippen molar-refractivity contribution in [2.45, 2.75) is 39.5 Å². The molecule has 0 radical (unpaired) electrons. The summed E-state index contributed by atoms with van der Waals surface area (Å²) < 4.78 is 10.1. The number of rotatable bonds is 10. The number of carbonyl (C=O) groups excluding carboxylic acids is 2. The minimum atomic E-state index is -0.411. The first-order chi connectivity index (χ1) is 9.62. The van der Waals surface area contributed by atoms with E-state index in [2.05, 4.69) is 31.9 Å². The normalized spacial score (nSPS) is 11.8. The Morgan fingerprint density at radius 2 is 1.15 bits per heavy atom. The van der Waals surface area contributed by atoms with Crippen LogP contribution < -0.4 is 0 Å². The second kappa shape index (κ2) is 12.4. The molecule has 0 fully saturated rings. The van der Waals surface area contributed by atoms with Gasteiger partial charge in [0.05, 0.1) is 13.2 Å². The Bertz CT molecular complexity index is 308. The number of alkyl halides is 2. The van der Waals surface area contributed by atoms with Crippen LogP contribution in [0.4, 0.5) is 0 Å². The van der Waals surface area contributed by atoms with E-state index in [0.29, 0.717) is 37.2 Å². The van der Waals surface area contributed by atoms with E-state index in [-0.39, 0.29) is 0 Å². The van der Waals surface area contributed by atoms with Crippen molar-refractivity contribution in [3.8, 4) is 0 Å². The third kappa shape index (κ3) is 7.43. The smallest absolute Gasteiger partial charge is 0.334 e.